The molecule has 1 fully saturated rings. The van der Waals surface area contributed by atoms with Gasteiger partial charge in [0.2, 0.25) is 0 Å². The Morgan fingerprint density at radius 3 is 2.88 bits per heavy atom. The molecule has 0 aromatic heterocycles. The monoisotopic (exact) mass is 235 g/mol. The topological polar surface area (TPSA) is 21.3 Å². The van der Waals surface area contributed by atoms with Crippen molar-refractivity contribution in [2.24, 2.45) is 0 Å². The zero-order valence-corrected chi connectivity index (χ0v) is 10.1. The number of nitrogens with one attached hydrogen (secondary N) is 1. The molecule has 0 amide bonds. The number of halogens is 1. The highest BCUT2D eigenvalue weighted by Gasteiger charge is 2.30. The van der Waals surface area contributed by atoms with Gasteiger partial charge >= 0.3 is 0 Å². The second kappa shape index (κ2) is 4.30. The van der Waals surface area contributed by atoms with E-state index in [0.717, 1.165) is 24.0 Å². The van der Waals surface area contributed by atoms with Gasteiger partial charge in [-0.1, -0.05) is 6.07 Å². The minimum Gasteiger partial charge on any atom is -0.490 e. The molecule has 1 heterocycles. The summed E-state index contributed by atoms with van der Waals surface area (Å²) < 4.78 is 19.4. The number of rotatable bonds is 2. The molecular weight excluding hydrogens is 217 g/mol. The van der Waals surface area contributed by atoms with Crippen LogP contribution < -0.4 is 10.1 Å². The van der Waals surface area contributed by atoms with Crippen molar-refractivity contribution >= 4 is 0 Å². The fourth-order valence-electron chi connectivity index (χ4n) is 2.56. The third-order valence-electron chi connectivity index (χ3n) is 3.61. The van der Waals surface area contributed by atoms with Crippen molar-refractivity contribution in [3.05, 3.63) is 29.1 Å². The fraction of sp³-hybridized carbons (Fsp3) is 0.571. The van der Waals surface area contributed by atoms with Gasteiger partial charge in [0.1, 0.15) is 0 Å². The van der Waals surface area contributed by atoms with Crippen LogP contribution in [0.1, 0.15) is 42.9 Å². The summed E-state index contributed by atoms with van der Waals surface area (Å²) in [4.78, 5) is 0. The minimum atomic E-state index is -0.227. The third kappa shape index (κ3) is 2.16. The van der Waals surface area contributed by atoms with Crippen molar-refractivity contribution in [1.82, 2.24) is 5.32 Å². The molecule has 3 heteroatoms. The lowest BCUT2D eigenvalue weighted by molar-refractivity contribution is 0.300. The lowest BCUT2D eigenvalue weighted by atomic mass is 9.97. The maximum Gasteiger partial charge on any atom is 0.165 e. The van der Waals surface area contributed by atoms with E-state index >= 15 is 0 Å². The summed E-state index contributed by atoms with van der Waals surface area (Å²) in [6.45, 7) is 2.66. The number of hydrogen-bond donors (Lipinski definition) is 1. The molecule has 1 aliphatic carbocycles. The quantitative estimate of drug-likeness (QED) is 0.850. The average Bonchev–Trinajstić information content (AvgIpc) is 3.12. The SMILES string of the molecule is Cc1ccc(F)c2c1C(NC1CC1)CCCO2. The van der Waals surface area contributed by atoms with Crippen LogP contribution in [0.2, 0.25) is 0 Å². The zero-order chi connectivity index (χ0) is 11.8. The van der Waals surface area contributed by atoms with E-state index in [1.807, 2.05) is 13.0 Å². The van der Waals surface area contributed by atoms with Gasteiger partial charge < -0.3 is 10.1 Å². The predicted octanol–water partition coefficient (Wildman–Crippen LogP) is 3.10. The van der Waals surface area contributed by atoms with E-state index in [9.17, 15) is 4.39 Å². The van der Waals surface area contributed by atoms with Crippen LogP contribution in [0.25, 0.3) is 0 Å². The Balaban J connectivity index is 1.99. The van der Waals surface area contributed by atoms with Gasteiger partial charge in [0, 0.05) is 17.6 Å². The second-order valence-corrected chi connectivity index (χ2v) is 5.09. The smallest absolute Gasteiger partial charge is 0.165 e. The maximum absolute atomic E-state index is 13.8. The Morgan fingerprint density at radius 2 is 2.12 bits per heavy atom. The minimum absolute atomic E-state index is 0.227. The first-order chi connectivity index (χ1) is 8.25. The normalized spacial score (nSPS) is 23.8. The highest BCUT2D eigenvalue weighted by molar-refractivity contribution is 5.43. The van der Waals surface area contributed by atoms with E-state index in [0.29, 0.717) is 18.4 Å². The molecule has 1 saturated carbocycles. The lowest BCUT2D eigenvalue weighted by Crippen LogP contribution is -2.23. The summed E-state index contributed by atoms with van der Waals surface area (Å²) in [5, 5.41) is 3.61. The van der Waals surface area contributed by atoms with E-state index in [1.165, 1.54) is 18.9 Å². The summed E-state index contributed by atoms with van der Waals surface area (Å²) in [7, 11) is 0. The van der Waals surface area contributed by atoms with Gasteiger partial charge in [-0.15, -0.1) is 0 Å². The maximum atomic E-state index is 13.8. The number of fused-ring (bicyclic) bond motifs is 1. The zero-order valence-electron chi connectivity index (χ0n) is 10.1. The van der Waals surface area contributed by atoms with Crippen molar-refractivity contribution in [1.29, 1.82) is 0 Å². The van der Waals surface area contributed by atoms with Crippen LogP contribution in [0.3, 0.4) is 0 Å². The van der Waals surface area contributed by atoms with Crippen LogP contribution in [-0.4, -0.2) is 12.6 Å². The van der Waals surface area contributed by atoms with Gasteiger partial charge in [0.25, 0.3) is 0 Å². The molecular formula is C14H18FNO. The molecule has 0 bridgehead atoms. The molecule has 2 nitrogen and oxygen atoms in total. The van der Waals surface area contributed by atoms with E-state index in [1.54, 1.807) is 0 Å². The molecule has 1 aliphatic heterocycles. The summed E-state index contributed by atoms with van der Waals surface area (Å²) >= 11 is 0. The van der Waals surface area contributed by atoms with Gasteiger partial charge in [0.15, 0.2) is 11.6 Å². The predicted molar refractivity (Wildman–Crippen MR) is 64.8 cm³/mol. The number of hydrogen-bond acceptors (Lipinski definition) is 2. The Kier molecular flexibility index (Phi) is 2.79. The summed E-state index contributed by atoms with van der Waals surface area (Å²) in [5.41, 5.74) is 2.16. The highest BCUT2D eigenvalue weighted by atomic mass is 19.1. The molecule has 0 saturated heterocycles. The van der Waals surface area contributed by atoms with Crippen molar-refractivity contribution in [2.75, 3.05) is 6.61 Å². The average molecular weight is 235 g/mol. The first-order valence-corrected chi connectivity index (χ1v) is 6.43. The summed E-state index contributed by atoms with van der Waals surface area (Å²) in [5.74, 6) is 0.246. The first-order valence-electron chi connectivity index (χ1n) is 6.43. The van der Waals surface area contributed by atoms with Crippen LogP contribution in [0, 0.1) is 12.7 Å². The van der Waals surface area contributed by atoms with Gasteiger partial charge in [0.05, 0.1) is 6.61 Å². The molecule has 0 spiro atoms. The van der Waals surface area contributed by atoms with Crippen molar-refractivity contribution < 1.29 is 9.13 Å². The third-order valence-corrected chi connectivity index (χ3v) is 3.61. The summed E-state index contributed by atoms with van der Waals surface area (Å²) in [6, 6.07) is 4.25. The van der Waals surface area contributed by atoms with Gasteiger partial charge in [-0.3, -0.25) is 0 Å². The van der Waals surface area contributed by atoms with Gasteiger partial charge in [-0.25, -0.2) is 4.39 Å². The van der Waals surface area contributed by atoms with Gasteiger partial charge in [-0.05, 0) is 44.2 Å². The highest BCUT2D eigenvalue weighted by Crippen LogP contribution is 2.37. The Labute approximate surface area is 101 Å². The van der Waals surface area contributed by atoms with Crippen LogP contribution in [0.4, 0.5) is 4.39 Å². The van der Waals surface area contributed by atoms with Crippen molar-refractivity contribution in [2.45, 2.75) is 44.7 Å². The first kappa shape index (κ1) is 11.0. The Hall–Kier alpha value is -1.09. The van der Waals surface area contributed by atoms with Crippen LogP contribution in [0.15, 0.2) is 12.1 Å². The largest absolute Gasteiger partial charge is 0.490 e. The molecule has 3 rings (SSSR count). The molecule has 2 aliphatic rings. The molecule has 1 atom stereocenters. The second-order valence-electron chi connectivity index (χ2n) is 5.09. The standard InChI is InChI=1S/C14H18FNO/c1-9-4-7-11(15)14-13(9)12(3-2-8-17-14)16-10-5-6-10/h4,7,10,12,16H,2-3,5-6,8H2,1H3. The van der Waals surface area contributed by atoms with Crippen LogP contribution in [-0.2, 0) is 0 Å². The molecule has 1 unspecified atom stereocenters. The Morgan fingerprint density at radius 1 is 1.29 bits per heavy atom. The van der Waals surface area contributed by atoms with E-state index in [4.69, 9.17) is 4.74 Å². The molecule has 92 valence electrons. The summed E-state index contributed by atoms with van der Waals surface area (Å²) in [6.07, 6.45) is 4.52. The van der Waals surface area contributed by atoms with E-state index in [-0.39, 0.29) is 11.9 Å². The molecule has 1 aromatic carbocycles. The number of ether oxygens (including phenoxy) is 1. The molecule has 1 N–H and O–H groups in total. The number of benzene rings is 1. The van der Waals surface area contributed by atoms with Gasteiger partial charge in [-0.2, -0.15) is 0 Å². The molecule has 1 aromatic rings. The number of aryl methyl sites for hydroxylation is 1. The molecule has 0 radical (unpaired) electrons. The van der Waals surface area contributed by atoms with Crippen molar-refractivity contribution in [3.63, 3.8) is 0 Å². The molecule has 17 heavy (non-hydrogen) atoms. The van der Waals surface area contributed by atoms with Crippen LogP contribution in [0.5, 0.6) is 5.75 Å². The Bertz CT molecular complexity index is 428. The fourth-order valence-corrected chi connectivity index (χ4v) is 2.56. The van der Waals surface area contributed by atoms with Crippen molar-refractivity contribution in [3.8, 4) is 5.75 Å². The lowest BCUT2D eigenvalue weighted by Gasteiger charge is -2.20. The van der Waals surface area contributed by atoms with Crippen LogP contribution >= 0.6 is 0 Å². The van der Waals surface area contributed by atoms with E-state index < -0.39 is 0 Å². The van der Waals surface area contributed by atoms with E-state index in [2.05, 4.69) is 5.32 Å².